The van der Waals surface area contributed by atoms with Crippen molar-refractivity contribution in [3.63, 3.8) is 0 Å². The van der Waals surface area contributed by atoms with E-state index < -0.39 is 63.6 Å². The summed E-state index contributed by atoms with van der Waals surface area (Å²) in [5.74, 6) is 6.53. The average molecular weight is 1960 g/mol. The predicted molar refractivity (Wildman–Crippen MR) is 492 cm³/mol. The highest BCUT2D eigenvalue weighted by molar-refractivity contribution is 7.80. The Labute approximate surface area is 808 Å². The topological polar surface area (TPSA) is 543 Å². The Morgan fingerprint density at radius 3 is 1.15 bits per heavy atom. The normalized spacial score (nSPS) is 22.4. The molecule has 12 fully saturated rings. The van der Waals surface area contributed by atoms with Gasteiger partial charge in [-0.15, -0.1) is 50.1 Å². The highest BCUT2D eigenvalue weighted by Gasteiger charge is 2.53. The lowest BCUT2D eigenvalue weighted by atomic mass is 9.83. The molecule has 48 heteroatoms. The maximum absolute atomic E-state index is 13.1. The third-order valence-corrected chi connectivity index (χ3v) is 25.7. The van der Waals surface area contributed by atoms with E-state index in [9.17, 15) is 42.0 Å². The van der Waals surface area contributed by atoms with Crippen molar-refractivity contribution in [1.29, 1.82) is 5.41 Å². The summed E-state index contributed by atoms with van der Waals surface area (Å²) in [6.45, 7) is 27.7. The van der Waals surface area contributed by atoms with Crippen LogP contribution in [0.1, 0.15) is 221 Å². The summed E-state index contributed by atoms with van der Waals surface area (Å²) in [5.41, 5.74) is 6.59. The molecule has 0 unspecified atom stereocenters. The van der Waals surface area contributed by atoms with Gasteiger partial charge in [0.15, 0.2) is 5.96 Å². The van der Waals surface area contributed by atoms with Gasteiger partial charge in [-0.25, -0.2) is 38.2 Å². The second-order valence-corrected chi connectivity index (χ2v) is 40.6. The van der Waals surface area contributed by atoms with Crippen molar-refractivity contribution in [1.82, 2.24) is 116 Å². The standard InChI is InChI=1S/C26H34N6O5.C20H24N4O3.C19H23N5O3.C14H22N4O4.C13H19N7O6S/c1-17(27-24(33)37-26(2,3)4)30-13-19(14-30)12-22-28-29-23(36-22)21-11-10-20-15-31(21)25(34)32(20)35-16-18-8-6-5-7-9-18;25-20-23-12-16(24(20)26-13-15-5-2-1-3-6-15)9-10-17(23)19-22-21-18(27-19)11-14-7-4-8-14;25-19-23-11-15(24(19)26-12-13-4-2-1-3-5-13)6-7-16(23)18-22-21-17(27-18)8-14-9-20-10-14;1-13(2,3)21-11(19)16-10(18-9-7-8-15-18)17-12(20)22-14(4,5)6;14-12(15)18-4-7(5-18)3-10-16-17-11(25-10)9-2-1-8-6-19(9)13(21)20(8)26-27(22,23)24/h5-9,19-21H,1,10-16H2,2-4H3,(H,27,33);1-3,5-6,14,16-17H,4,7-13H2;1-5,14-16,20H,6-12H2;7-9H,1-6H3,(H,16,17,19,20);7-9H,1-6H2,(H3,14,15)(H,22,23,24)/t20-,21+;16-,17+;15-,16+;;8-,9+/m111.1/s1. The van der Waals surface area contributed by atoms with Crippen LogP contribution < -0.4 is 21.7 Å². The van der Waals surface area contributed by atoms with Crippen molar-refractivity contribution >= 4 is 64.7 Å². The summed E-state index contributed by atoms with van der Waals surface area (Å²) < 4.78 is 75.3. The molecule has 20 rings (SSSR count). The Bertz CT molecular complexity index is 5640. The smallest absolute Gasteiger partial charge is 0.437 e. The Hall–Kier alpha value is -13.3. The first-order valence-corrected chi connectivity index (χ1v) is 48.7. The molecule has 752 valence electrons. The third kappa shape index (κ3) is 25.7. The predicted octanol–water partition coefficient (Wildman–Crippen LogP) is 10.7. The van der Waals surface area contributed by atoms with Crippen LogP contribution in [0.4, 0.5) is 33.6 Å². The summed E-state index contributed by atoms with van der Waals surface area (Å²) in [7, 11) is -4.78. The SMILES string of the molecule is C=C(NC(=O)OC(C)(C)C)N1CC(Cc2nnc([C@@H]3CC[C@@H]4CN3C(=O)N4OCc3ccccc3)o2)C1.CC(C)(C)OC(=O)N=C(NC(=O)OC(C)(C)C)n1cccn1.N=C(N)N1CC(Cc2nnc([C@@H]3CC[C@@H]4CN3C(=O)N4OS(=O)(=O)O)o2)C1.O=C1N2C[C@@H](CC[C@H]2c2nnc(CC3CCC3)o2)N1OCc1ccccc1.O=C1N2C[C@@H](CC[C@H]2c2nnc(CC3CNC3)o2)N1OCc1ccccc1. The number of piperidine rings is 4. The molecular weight excluding hydrogens is 1840 g/mol. The van der Waals surface area contributed by atoms with E-state index in [4.69, 9.17) is 62.1 Å². The maximum Gasteiger partial charge on any atom is 0.437 e. The number of ether oxygens (including phenoxy) is 3. The Kier molecular flexibility index (Phi) is 30.8. The van der Waals surface area contributed by atoms with Gasteiger partial charge in [0.1, 0.15) is 66.6 Å². The number of hydrogen-bond acceptors (Lipinski definition) is 32. The Morgan fingerprint density at radius 1 is 0.471 bits per heavy atom. The molecule has 3 aromatic carbocycles. The largest absolute Gasteiger partial charge is 0.444 e. The Morgan fingerprint density at radius 2 is 0.821 bits per heavy atom. The minimum atomic E-state index is -4.78. The number of likely N-dealkylation sites (tertiary alicyclic amines) is 2. The number of alkyl carbamates (subject to hydrolysis) is 2. The molecule has 11 amide bonds. The lowest BCUT2D eigenvalue weighted by Gasteiger charge is -2.41. The molecule has 11 saturated heterocycles. The van der Waals surface area contributed by atoms with Gasteiger partial charge in [0.05, 0.1) is 24.2 Å². The lowest BCUT2D eigenvalue weighted by Crippen LogP contribution is -2.53. The number of urea groups is 4. The van der Waals surface area contributed by atoms with E-state index in [1.165, 1.54) is 51.4 Å². The van der Waals surface area contributed by atoms with Gasteiger partial charge in [-0.05, 0) is 174 Å². The van der Waals surface area contributed by atoms with Gasteiger partial charge in [-0.3, -0.25) is 35.1 Å². The fraction of sp³-hybridized carbons (Fsp3) is 0.565. The highest BCUT2D eigenvalue weighted by Crippen LogP contribution is 2.44. The zero-order valence-electron chi connectivity index (χ0n) is 79.8. The molecule has 8 aromatic rings. The molecule has 8 atom stereocenters. The van der Waals surface area contributed by atoms with Crippen LogP contribution in [0.3, 0.4) is 0 Å². The summed E-state index contributed by atoms with van der Waals surface area (Å²) in [6, 6.07) is 28.9. The molecule has 7 N–H and O–H groups in total. The molecule has 1 saturated carbocycles. The van der Waals surface area contributed by atoms with Gasteiger partial charge >= 0.3 is 52.8 Å². The fourth-order valence-corrected chi connectivity index (χ4v) is 18.5. The number of rotatable bonds is 25. The molecule has 47 nitrogen and oxygen atoms in total. The van der Waals surface area contributed by atoms with E-state index in [0.717, 1.165) is 94.2 Å². The van der Waals surface area contributed by atoms with Crippen molar-refractivity contribution in [2.45, 2.75) is 244 Å². The van der Waals surface area contributed by atoms with Gasteiger partial charge in [-0.2, -0.15) is 33.8 Å². The molecule has 16 heterocycles. The first-order chi connectivity index (χ1) is 66.9. The number of carbonyl (C=O) groups excluding carboxylic acids is 7. The van der Waals surface area contributed by atoms with Crippen LogP contribution in [0.25, 0.3) is 0 Å². The van der Waals surface area contributed by atoms with Gasteiger partial charge in [-0.1, -0.05) is 104 Å². The van der Waals surface area contributed by atoms with Crippen molar-refractivity contribution in [3.8, 4) is 0 Å². The minimum Gasteiger partial charge on any atom is -0.444 e. The maximum atomic E-state index is 13.1. The van der Waals surface area contributed by atoms with Crippen LogP contribution >= 0.6 is 0 Å². The van der Waals surface area contributed by atoms with Gasteiger partial charge in [0.25, 0.3) is 0 Å². The van der Waals surface area contributed by atoms with E-state index >= 15 is 0 Å². The molecule has 140 heavy (non-hydrogen) atoms. The van der Waals surface area contributed by atoms with E-state index in [2.05, 4.69) is 77.7 Å². The molecule has 8 bridgehead atoms. The summed E-state index contributed by atoms with van der Waals surface area (Å²) in [6.07, 6.45) is 13.5. The summed E-state index contributed by atoms with van der Waals surface area (Å²) in [5, 5.41) is 58.3. The monoisotopic (exact) mass is 1960 g/mol. The van der Waals surface area contributed by atoms with Crippen LogP contribution in [-0.4, -0.2) is 274 Å². The number of carbonyl (C=O) groups is 7. The van der Waals surface area contributed by atoms with E-state index in [0.29, 0.717) is 148 Å². The fourth-order valence-electron chi connectivity index (χ4n) is 18.1. The summed E-state index contributed by atoms with van der Waals surface area (Å²) >= 11 is 0. The first-order valence-electron chi connectivity index (χ1n) is 47.3. The van der Waals surface area contributed by atoms with E-state index in [-0.39, 0.29) is 84.6 Å². The molecule has 12 aliphatic rings. The number of nitrogens with one attached hydrogen (secondary N) is 4. The van der Waals surface area contributed by atoms with Crippen molar-refractivity contribution in [2.24, 2.45) is 34.4 Å². The number of aromatic nitrogens is 10. The number of nitrogens with two attached hydrogens (primary N) is 1. The molecular formula is C92H122N26O21S. The number of guanidine groups is 1. The van der Waals surface area contributed by atoms with Crippen LogP contribution in [0.5, 0.6) is 0 Å². The number of benzene rings is 3. The van der Waals surface area contributed by atoms with Crippen molar-refractivity contribution in [3.05, 3.63) is 186 Å². The molecule has 0 radical (unpaired) electrons. The second-order valence-electron chi connectivity index (χ2n) is 39.6. The van der Waals surface area contributed by atoms with Crippen LogP contribution in [0.15, 0.2) is 145 Å². The number of hydroxylamine groups is 8. The van der Waals surface area contributed by atoms with Crippen molar-refractivity contribution < 1.29 is 97.2 Å². The highest BCUT2D eigenvalue weighted by atomic mass is 32.3. The van der Waals surface area contributed by atoms with Gasteiger partial charge in [0, 0.05) is 102 Å². The molecule has 5 aromatic heterocycles. The van der Waals surface area contributed by atoms with Gasteiger partial charge < -0.3 is 72.3 Å². The quantitative estimate of drug-likeness (QED) is 0.0134. The third-order valence-electron chi connectivity index (χ3n) is 25.3. The van der Waals surface area contributed by atoms with Crippen LogP contribution in [0.2, 0.25) is 0 Å². The number of fused-ring (bicyclic) bond motifs is 8. The van der Waals surface area contributed by atoms with E-state index in [1.807, 2.05) is 122 Å². The van der Waals surface area contributed by atoms with E-state index in [1.54, 1.807) is 67.4 Å². The molecule has 1 aliphatic carbocycles. The Balaban J connectivity index is 0.000000128. The minimum absolute atomic E-state index is 0.0261. The number of nitrogens with zero attached hydrogens (tertiary/aromatic N) is 21. The van der Waals surface area contributed by atoms with Crippen molar-refractivity contribution in [2.75, 3.05) is 65.4 Å². The summed E-state index contributed by atoms with van der Waals surface area (Å²) in [4.78, 5) is 119. The van der Waals surface area contributed by atoms with Crippen LogP contribution in [0, 0.1) is 29.1 Å². The molecule has 11 aliphatic heterocycles. The second kappa shape index (κ2) is 43.2. The zero-order chi connectivity index (χ0) is 98.9. The number of aliphatic imine (C=N–C) groups is 1. The number of hydrogen-bond donors (Lipinski definition) is 6. The number of amides is 11. The molecule has 0 spiro atoms. The van der Waals surface area contributed by atoms with Crippen LogP contribution in [-0.2, 0) is 88.9 Å². The zero-order valence-corrected chi connectivity index (χ0v) is 80.6. The first kappa shape index (κ1) is 99.7. The average Bonchev–Trinajstić information content (AvgIpc) is 1.63. The van der Waals surface area contributed by atoms with Gasteiger partial charge in [0.2, 0.25) is 53.1 Å². The lowest BCUT2D eigenvalue weighted by molar-refractivity contribution is -0.140.